The van der Waals surface area contributed by atoms with E-state index < -0.39 is 12.7 Å². The van der Waals surface area contributed by atoms with Crippen LogP contribution in [0.25, 0.3) is 0 Å². The topological polar surface area (TPSA) is 70.4 Å². The van der Waals surface area contributed by atoms with Gasteiger partial charge in [0.2, 0.25) is 0 Å². The van der Waals surface area contributed by atoms with Gasteiger partial charge in [-0.25, -0.2) is 4.98 Å². The van der Waals surface area contributed by atoms with Gasteiger partial charge in [0.15, 0.2) is 5.96 Å². The minimum absolute atomic E-state index is 0.254. The van der Waals surface area contributed by atoms with Crippen molar-refractivity contribution in [1.82, 2.24) is 30.3 Å². The summed E-state index contributed by atoms with van der Waals surface area (Å²) in [6, 6.07) is 0. The van der Waals surface area contributed by atoms with E-state index in [4.69, 9.17) is 0 Å². The Morgan fingerprint density at radius 3 is 2.67 bits per heavy atom. The molecule has 2 N–H and O–H groups in total. The Morgan fingerprint density at radius 1 is 1.43 bits per heavy atom. The van der Waals surface area contributed by atoms with Crippen LogP contribution in [0.3, 0.4) is 0 Å². The van der Waals surface area contributed by atoms with Gasteiger partial charge >= 0.3 is 6.18 Å². The molecular formula is C11H20F3N7. The van der Waals surface area contributed by atoms with Crippen molar-refractivity contribution in [3.05, 3.63) is 12.2 Å². The summed E-state index contributed by atoms with van der Waals surface area (Å²) in [6.45, 7) is 0.101. The predicted molar refractivity (Wildman–Crippen MR) is 72.8 cm³/mol. The number of nitrogens with one attached hydrogen (secondary N) is 2. The minimum atomic E-state index is -4.18. The lowest BCUT2D eigenvalue weighted by molar-refractivity contribution is -0.142. The second-order valence-electron chi connectivity index (χ2n) is 4.51. The van der Waals surface area contributed by atoms with Crippen molar-refractivity contribution in [2.45, 2.75) is 12.7 Å². The molecule has 0 aliphatic rings. The molecule has 0 unspecified atom stereocenters. The van der Waals surface area contributed by atoms with Crippen molar-refractivity contribution in [1.29, 1.82) is 0 Å². The fraction of sp³-hybridized carbons (Fsp3) is 0.727. The number of aromatic nitrogens is 3. The van der Waals surface area contributed by atoms with Crippen molar-refractivity contribution in [3.63, 3.8) is 0 Å². The maximum absolute atomic E-state index is 12.2. The van der Waals surface area contributed by atoms with Crippen LogP contribution in [0.2, 0.25) is 0 Å². The highest BCUT2D eigenvalue weighted by Gasteiger charge is 2.28. The highest BCUT2D eigenvalue weighted by atomic mass is 19.4. The maximum atomic E-state index is 12.2. The molecule has 10 heteroatoms. The molecule has 0 aromatic carbocycles. The smallest absolute Gasteiger partial charge is 0.355 e. The zero-order valence-electron chi connectivity index (χ0n) is 12.3. The molecule has 120 valence electrons. The highest BCUT2D eigenvalue weighted by molar-refractivity contribution is 5.79. The Hall–Kier alpha value is -1.84. The minimum Gasteiger partial charge on any atom is -0.355 e. The van der Waals surface area contributed by atoms with Crippen molar-refractivity contribution >= 4 is 5.96 Å². The number of aliphatic imine (C=N–C) groups is 1. The molecule has 0 fully saturated rings. The molecule has 0 atom stereocenters. The summed E-state index contributed by atoms with van der Waals surface area (Å²) < 4.78 is 38.1. The first-order valence-electron chi connectivity index (χ1n) is 6.34. The van der Waals surface area contributed by atoms with Crippen molar-refractivity contribution < 1.29 is 13.2 Å². The molecule has 0 spiro atoms. The fourth-order valence-corrected chi connectivity index (χ4v) is 1.61. The molecule has 21 heavy (non-hydrogen) atoms. The van der Waals surface area contributed by atoms with Gasteiger partial charge in [-0.05, 0) is 7.05 Å². The van der Waals surface area contributed by atoms with Crippen LogP contribution < -0.4 is 10.6 Å². The van der Waals surface area contributed by atoms with Crippen LogP contribution in [0.1, 0.15) is 5.82 Å². The van der Waals surface area contributed by atoms with Crippen molar-refractivity contribution in [3.8, 4) is 0 Å². The van der Waals surface area contributed by atoms with Crippen LogP contribution >= 0.6 is 0 Å². The van der Waals surface area contributed by atoms with Gasteiger partial charge in [-0.2, -0.15) is 18.3 Å². The van der Waals surface area contributed by atoms with E-state index >= 15 is 0 Å². The Balaban J connectivity index is 2.27. The summed E-state index contributed by atoms with van der Waals surface area (Å²) in [5.41, 5.74) is 0. The lowest BCUT2D eigenvalue weighted by atomic mass is 10.5. The van der Waals surface area contributed by atoms with E-state index in [1.165, 1.54) is 18.3 Å². The van der Waals surface area contributed by atoms with E-state index in [9.17, 15) is 13.2 Å². The molecule has 0 saturated carbocycles. The molecular weight excluding hydrogens is 287 g/mol. The normalized spacial score (nSPS) is 12.8. The van der Waals surface area contributed by atoms with Crippen LogP contribution in [0, 0.1) is 0 Å². The number of hydrogen-bond acceptors (Lipinski definition) is 4. The van der Waals surface area contributed by atoms with Gasteiger partial charge in [-0.15, -0.1) is 0 Å². The van der Waals surface area contributed by atoms with Gasteiger partial charge in [-0.1, -0.05) is 0 Å². The first-order chi connectivity index (χ1) is 9.81. The summed E-state index contributed by atoms with van der Waals surface area (Å²) in [6.07, 6.45) is -2.74. The number of guanidine groups is 1. The quantitative estimate of drug-likeness (QED) is 0.571. The van der Waals surface area contributed by atoms with Gasteiger partial charge in [0.1, 0.15) is 12.2 Å². The van der Waals surface area contributed by atoms with Crippen LogP contribution in [0.4, 0.5) is 13.2 Å². The summed E-state index contributed by atoms with van der Waals surface area (Å²) in [4.78, 5) is 9.23. The van der Waals surface area contributed by atoms with Gasteiger partial charge < -0.3 is 10.6 Å². The molecule has 0 radical (unpaired) electrons. The summed E-state index contributed by atoms with van der Waals surface area (Å²) in [7, 11) is 4.78. The molecule has 1 aromatic heterocycles. The molecule has 0 bridgehead atoms. The highest BCUT2D eigenvalue weighted by Crippen LogP contribution is 2.14. The second kappa shape index (κ2) is 7.81. The predicted octanol–water partition coefficient (Wildman–Crippen LogP) is -0.0258. The lowest BCUT2D eigenvalue weighted by Gasteiger charge is -2.19. The number of aryl methyl sites for hydroxylation is 1. The van der Waals surface area contributed by atoms with E-state index in [0.29, 0.717) is 19.0 Å². The number of likely N-dealkylation sites (N-methyl/N-ethyl adjacent to an activating group) is 1. The average molecular weight is 307 g/mol. The standard InChI is InChI=1S/C11H20F3N7/c1-15-10(17-6-9-18-8-19-21(9)3)16-4-5-20(2)7-11(12,13)14/h8H,4-7H2,1-3H3,(H2,15,16,17). The fourth-order valence-electron chi connectivity index (χ4n) is 1.61. The largest absolute Gasteiger partial charge is 0.401 e. The van der Waals surface area contributed by atoms with Crippen LogP contribution in [-0.2, 0) is 13.6 Å². The molecule has 7 nitrogen and oxygen atoms in total. The first kappa shape index (κ1) is 17.2. The number of halogens is 3. The average Bonchev–Trinajstić information content (AvgIpc) is 2.77. The van der Waals surface area contributed by atoms with Gasteiger partial charge in [0, 0.05) is 27.2 Å². The Morgan fingerprint density at radius 2 is 2.14 bits per heavy atom. The zero-order chi connectivity index (χ0) is 15.9. The van der Waals surface area contributed by atoms with E-state index in [0.717, 1.165) is 5.82 Å². The van der Waals surface area contributed by atoms with Crippen LogP contribution in [0.15, 0.2) is 11.3 Å². The third-order valence-electron chi connectivity index (χ3n) is 2.68. The molecule has 1 rings (SSSR count). The van der Waals surface area contributed by atoms with Gasteiger partial charge in [0.25, 0.3) is 0 Å². The molecule has 0 aliphatic heterocycles. The summed E-state index contributed by atoms with van der Waals surface area (Å²) in [5, 5.41) is 9.88. The second-order valence-corrected chi connectivity index (χ2v) is 4.51. The number of rotatable bonds is 6. The summed E-state index contributed by atoms with van der Waals surface area (Å²) in [5.74, 6) is 1.23. The molecule has 0 aliphatic carbocycles. The molecule has 0 saturated heterocycles. The third kappa shape index (κ3) is 6.93. The van der Waals surface area contributed by atoms with Gasteiger partial charge in [0.05, 0.1) is 13.1 Å². The van der Waals surface area contributed by atoms with E-state index in [2.05, 4.69) is 25.7 Å². The third-order valence-corrected chi connectivity index (χ3v) is 2.68. The Labute approximate surface area is 121 Å². The first-order valence-corrected chi connectivity index (χ1v) is 6.34. The molecule has 1 heterocycles. The van der Waals surface area contributed by atoms with E-state index in [1.807, 2.05) is 0 Å². The zero-order valence-corrected chi connectivity index (χ0v) is 12.3. The number of alkyl halides is 3. The SMILES string of the molecule is CN=C(NCCN(C)CC(F)(F)F)NCc1ncnn1C. The lowest BCUT2D eigenvalue weighted by Crippen LogP contribution is -2.42. The van der Waals surface area contributed by atoms with Crippen LogP contribution in [0.5, 0.6) is 0 Å². The Kier molecular flexibility index (Phi) is 6.40. The molecule has 0 amide bonds. The maximum Gasteiger partial charge on any atom is 0.401 e. The number of nitrogens with zero attached hydrogens (tertiary/aromatic N) is 5. The molecule has 1 aromatic rings. The van der Waals surface area contributed by atoms with Crippen molar-refractivity contribution in [2.24, 2.45) is 12.0 Å². The summed E-state index contributed by atoms with van der Waals surface area (Å²) >= 11 is 0. The Bertz CT molecular complexity index is 455. The van der Waals surface area contributed by atoms with E-state index in [1.54, 1.807) is 18.8 Å². The number of hydrogen-bond donors (Lipinski definition) is 2. The monoisotopic (exact) mass is 307 g/mol. The van der Waals surface area contributed by atoms with Crippen molar-refractivity contribution in [2.75, 3.05) is 33.7 Å². The van der Waals surface area contributed by atoms with Crippen LogP contribution in [-0.4, -0.2) is 65.5 Å². The van der Waals surface area contributed by atoms with Gasteiger partial charge in [-0.3, -0.25) is 14.6 Å². The van der Waals surface area contributed by atoms with E-state index in [-0.39, 0.29) is 6.54 Å².